The van der Waals surface area contributed by atoms with Gasteiger partial charge in [0, 0.05) is 30.6 Å². The number of halogens is 3. The summed E-state index contributed by atoms with van der Waals surface area (Å²) in [5.41, 5.74) is -0.109. The molecule has 200 valence electrons. The van der Waals surface area contributed by atoms with Gasteiger partial charge in [-0.1, -0.05) is 36.8 Å². The Kier molecular flexibility index (Phi) is 7.26. The van der Waals surface area contributed by atoms with Crippen LogP contribution >= 0.6 is 11.9 Å². The van der Waals surface area contributed by atoms with E-state index in [1.165, 1.54) is 18.0 Å². The molecule has 2 N–H and O–H groups in total. The van der Waals surface area contributed by atoms with Crippen molar-refractivity contribution in [3.63, 3.8) is 0 Å². The van der Waals surface area contributed by atoms with Crippen molar-refractivity contribution < 1.29 is 23.1 Å². The molecule has 0 radical (unpaired) electrons. The van der Waals surface area contributed by atoms with Gasteiger partial charge in [-0.3, -0.25) is 4.79 Å². The van der Waals surface area contributed by atoms with Crippen LogP contribution in [-0.2, 0) is 11.0 Å². The van der Waals surface area contributed by atoms with Crippen molar-refractivity contribution in [3.8, 4) is 11.3 Å². The zero-order chi connectivity index (χ0) is 26.9. The number of aliphatic carboxylic acids is 1. The van der Waals surface area contributed by atoms with Gasteiger partial charge in [0.05, 0.1) is 16.7 Å². The maximum atomic E-state index is 13.9. The lowest BCUT2D eigenvalue weighted by Crippen LogP contribution is -2.43. The monoisotopic (exact) mass is 542 g/mol. The van der Waals surface area contributed by atoms with E-state index in [-0.39, 0.29) is 11.6 Å². The predicted octanol–water partition coefficient (Wildman–Crippen LogP) is 7.24. The first-order valence-corrected chi connectivity index (χ1v) is 13.5. The van der Waals surface area contributed by atoms with Gasteiger partial charge in [0.25, 0.3) is 0 Å². The zero-order valence-electron chi connectivity index (χ0n) is 21.0. The van der Waals surface area contributed by atoms with Crippen molar-refractivity contribution in [2.75, 3.05) is 22.7 Å². The fourth-order valence-electron chi connectivity index (χ4n) is 4.92. The summed E-state index contributed by atoms with van der Waals surface area (Å²) in [6.45, 7) is 2.94. The number of carboxylic acids is 1. The van der Waals surface area contributed by atoms with Crippen molar-refractivity contribution in [1.29, 1.82) is 0 Å². The fraction of sp³-hybridized carbons (Fsp3) is 0.393. The summed E-state index contributed by atoms with van der Waals surface area (Å²) in [5.74, 6) is 0.524. The van der Waals surface area contributed by atoms with Gasteiger partial charge < -0.3 is 14.7 Å². The molecule has 2 aliphatic rings. The molecule has 3 aromatic rings. The van der Waals surface area contributed by atoms with E-state index in [4.69, 9.17) is 0 Å². The number of carbonyl (C=O) groups is 1. The first-order chi connectivity index (χ1) is 18.1. The topological polar surface area (TPSA) is 78.4 Å². The van der Waals surface area contributed by atoms with E-state index in [1.807, 2.05) is 30.3 Å². The van der Waals surface area contributed by atoms with Crippen LogP contribution in [0.3, 0.4) is 0 Å². The van der Waals surface area contributed by atoms with Crippen LogP contribution in [0, 0.1) is 5.41 Å². The van der Waals surface area contributed by atoms with Crippen molar-refractivity contribution in [2.24, 2.45) is 5.41 Å². The molecule has 0 amide bonds. The first kappa shape index (κ1) is 26.3. The third kappa shape index (κ3) is 5.45. The van der Waals surface area contributed by atoms with Crippen LogP contribution in [0.15, 0.2) is 59.6 Å². The summed E-state index contributed by atoms with van der Waals surface area (Å²) in [4.78, 5) is 22.7. The van der Waals surface area contributed by atoms with Crippen LogP contribution in [0.2, 0.25) is 0 Å². The average Bonchev–Trinajstić information content (AvgIpc) is 2.87. The number of benzene rings is 1. The van der Waals surface area contributed by atoms with Gasteiger partial charge in [-0.05, 0) is 68.4 Å². The summed E-state index contributed by atoms with van der Waals surface area (Å²) in [7, 11) is 0. The van der Waals surface area contributed by atoms with E-state index < -0.39 is 23.1 Å². The highest BCUT2D eigenvalue weighted by molar-refractivity contribution is 8.00. The first-order valence-electron chi connectivity index (χ1n) is 12.7. The molecule has 1 aliphatic heterocycles. The third-order valence-electron chi connectivity index (χ3n) is 7.64. The van der Waals surface area contributed by atoms with Crippen LogP contribution in [0.4, 0.5) is 24.8 Å². The molecule has 10 heteroatoms. The summed E-state index contributed by atoms with van der Waals surface area (Å²) in [6, 6.07) is 15.2. The normalized spacial score (nSPS) is 17.6. The smallest absolute Gasteiger partial charge is 0.418 e. The summed E-state index contributed by atoms with van der Waals surface area (Å²) < 4.78 is 44.9. The Bertz CT molecular complexity index is 1320. The molecule has 5 rings (SSSR count). The standard InChI is InChI=1S/C28H29F3N4O2S/c1-27(26(36)37)14-16-35(17-15-27)23-10-5-11-24(33-23)38-34-22-13-12-21(28(29,30)31)25(32-22)20-9-3-2-8-19(20)18-6-4-7-18/h2-3,5,8-13,18H,4,6-7,14-17H2,1H3,(H,32,34)(H,36,37). The van der Waals surface area contributed by atoms with Gasteiger partial charge in [-0.15, -0.1) is 0 Å². The van der Waals surface area contributed by atoms with E-state index in [0.29, 0.717) is 42.3 Å². The molecule has 38 heavy (non-hydrogen) atoms. The lowest BCUT2D eigenvalue weighted by Gasteiger charge is -2.37. The number of alkyl halides is 3. The molecule has 1 saturated heterocycles. The highest BCUT2D eigenvalue weighted by atomic mass is 32.2. The van der Waals surface area contributed by atoms with Gasteiger partial charge in [-0.2, -0.15) is 13.2 Å². The minimum atomic E-state index is -4.53. The Labute approximate surface area is 223 Å². The second kappa shape index (κ2) is 10.5. The van der Waals surface area contributed by atoms with Gasteiger partial charge in [0.15, 0.2) is 0 Å². The Balaban J connectivity index is 1.35. The molecule has 1 saturated carbocycles. The van der Waals surface area contributed by atoms with Gasteiger partial charge >= 0.3 is 12.1 Å². The molecular formula is C28H29F3N4O2S. The Morgan fingerprint density at radius 1 is 1.05 bits per heavy atom. The number of carboxylic acid groups (broad SMARTS) is 1. The molecule has 3 heterocycles. The minimum Gasteiger partial charge on any atom is -0.481 e. The van der Waals surface area contributed by atoms with E-state index in [9.17, 15) is 23.1 Å². The van der Waals surface area contributed by atoms with Crippen molar-refractivity contribution in [3.05, 3.63) is 65.7 Å². The maximum Gasteiger partial charge on any atom is 0.418 e. The van der Waals surface area contributed by atoms with Crippen molar-refractivity contribution in [2.45, 2.75) is 56.1 Å². The van der Waals surface area contributed by atoms with Crippen LogP contribution in [-0.4, -0.2) is 34.1 Å². The molecule has 2 fully saturated rings. The van der Waals surface area contributed by atoms with Crippen LogP contribution in [0.25, 0.3) is 11.3 Å². The molecule has 0 spiro atoms. The molecule has 0 unspecified atom stereocenters. The van der Waals surface area contributed by atoms with E-state index >= 15 is 0 Å². The van der Waals surface area contributed by atoms with Crippen LogP contribution < -0.4 is 9.62 Å². The number of hydrogen-bond donors (Lipinski definition) is 2. The predicted molar refractivity (Wildman–Crippen MR) is 142 cm³/mol. The molecule has 2 aromatic heterocycles. The summed E-state index contributed by atoms with van der Waals surface area (Å²) in [6.07, 6.45) is -0.442. The SMILES string of the molecule is CC1(C(=O)O)CCN(c2cccc(SNc3ccc(C(F)(F)F)c(-c4ccccc4C4CCC4)n3)n2)CC1. The van der Waals surface area contributed by atoms with E-state index in [1.54, 1.807) is 19.1 Å². The average molecular weight is 543 g/mol. The van der Waals surface area contributed by atoms with Crippen molar-refractivity contribution in [1.82, 2.24) is 9.97 Å². The van der Waals surface area contributed by atoms with Gasteiger partial charge in [-0.25, -0.2) is 9.97 Å². The molecule has 6 nitrogen and oxygen atoms in total. The minimum absolute atomic E-state index is 0.0675. The van der Waals surface area contributed by atoms with Crippen LogP contribution in [0.5, 0.6) is 0 Å². The number of aromatic nitrogens is 2. The Morgan fingerprint density at radius 3 is 2.45 bits per heavy atom. The quantitative estimate of drug-likeness (QED) is 0.305. The third-order valence-corrected chi connectivity index (χ3v) is 8.39. The van der Waals surface area contributed by atoms with Gasteiger partial charge in [0.2, 0.25) is 0 Å². The molecular weight excluding hydrogens is 513 g/mol. The number of anilines is 2. The zero-order valence-corrected chi connectivity index (χ0v) is 21.8. The molecule has 1 aromatic carbocycles. The maximum absolute atomic E-state index is 13.9. The lowest BCUT2D eigenvalue weighted by molar-refractivity contribution is -0.149. The molecule has 0 bridgehead atoms. The highest BCUT2D eigenvalue weighted by Crippen LogP contribution is 2.44. The summed E-state index contributed by atoms with van der Waals surface area (Å²) in [5, 5.41) is 10.1. The highest BCUT2D eigenvalue weighted by Gasteiger charge is 2.38. The number of hydrogen-bond acceptors (Lipinski definition) is 6. The molecule has 0 atom stereocenters. The van der Waals surface area contributed by atoms with Gasteiger partial charge in [0.1, 0.15) is 16.7 Å². The van der Waals surface area contributed by atoms with Crippen molar-refractivity contribution >= 4 is 29.6 Å². The lowest BCUT2D eigenvalue weighted by atomic mass is 9.77. The number of rotatable bonds is 7. The number of nitrogens with zero attached hydrogens (tertiary/aromatic N) is 3. The number of piperidine rings is 1. The van der Waals surface area contributed by atoms with E-state index in [0.717, 1.165) is 36.7 Å². The fourth-order valence-corrected chi connectivity index (χ4v) is 5.53. The Morgan fingerprint density at radius 2 is 1.79 bits per heavy atom. The Hall–Kier alpha value is -3.27. The van der Waals surface area contributed by atoms with Crippen LogP contribution in [0.1, 0.15) is 56.1 Å². The largest absolute Gasteiger partial charge is 0.481 e. The summed E-state index contributed by atoms with van der Waals surface area (Å²) >= 11 is 1.17. The molecule has 1 aliphatic carbocycles. The number of nitrogens with one attached hydrogen (secondary N) is 1. The second-order valence-corrected chi connectivity index (χ2v) is 11.0. The van der Waals surface area contributed by atoms with E-state index in [2.05, 4.69) is 19.6 Å². The number of pyridine rings is 2. The second-order valence-electron chi connectivity index (χ2n) is 10.2.